The molecule has 0 saturated carbocycles. The van der Waals surface area contributed by atoms with Crippen molar-refractivity contribution in [1.82, 2.24) is 0 Å². The Morgan fingerprint density at radius 1 is 1.16 bits per heavy atom. The second-order valence-electron chi connectivity index (χ2n) is 4.09. The van der Waals surface area contributed by atoms with Crippen molar-refractivity contribution < 1.29 is 13.9 Å². The number of hydrogen-bond donors (Lipinski definition) is 1. The molecular weight excluding hydrogens is 338 g/mol. The fraction of sp³-hybridized carbons (Fsp3) is 0.143. The van der Waals surface area contributed by atoms with Crippen LogP contribution in [-0.4, -0.2) is 5.11 Å². The first-order valence-electron chi connectivity index (χ1n) is 5.55. The Labute approximate surface area is 123 Å². The largest absolute Gasteiger partial charge is 0.388 e. The second kappa shape index (κ2) is 5.99. The van der Waals surface area contributed by atoms with Crippen molar-refractivity contribution in [3.05, 3.63) is 68.7 Å². The molecule has 0 aliphatic carbocycles. The third-order valence-corrected chi connectivity index (χ3v) is 4.00. The summed E-state index contributed by atoms with van der Waals surface area (Å²) in [6, 6.07) is 8.50. The van der Waals surface area contributed by atoms with Crippen LogP contribution in [0.15, 0.2) is 40.9 Å². The molecule has 19 heavy (non-hydrogen) atoms. The lowest BCUT2D eigenvalue weighted by molar-refractivity contribution is 0.175. The van der Waals surface area contributed by atoms with Gasteiger partial charge in [0.25, 0.3) is 0 Å². The lowest BCUT2D eigenvalue weighted by Gasteiger charge is -2.13. The molecule has 0 heterocycles. The quantitative estimate of drug-likeness (QED) is 0.856. The summed E-state index contributed by atoms with van der Waals surface area (Å²) in [5.74, 6) is -1.32. The summed E-state index contributed by atoms with van der Waals surface area (Å²) in [5.41, 5.74) is 0.417. The monoisotopic (exact) mass is 346 g/mol. The SMILES string of the molecule is OC(Cc1c(F)cccc1F)c1ccc(Cl)c(Br)c1. The zero-order valence-corrected chi connectivity index (χ0v) is 12.0. The van der Waals surface area contributed by atoms with Gasteiger partial charge in [-0.1, -0.05) is 23.7 Å². The predicted molar refractivity (Wildman–Crippen MR) is 74.2 cm³/mol. The maximum Gasteiger partial charge on any atom is 0.129 e. The van der Waals surface area contributed by atoms with Gasteiger partial charge in [-0.15, -0.1) is 0 Å². The zero-order chi connectivity index (χ0) is 14.0. The van der Waals surface area contributed by atoms with Crippen LogP contribution < -0.4 is 0 Å². The molecule has 1 nitrogen and oxygen atoms in total. The third kappa shape index (κ3) is 3.32. The third-order valence-electron chi connectivity index (χ3n) is 2.79. The van der Waals surface area contributed by atoms with Crippen LogP contribution in [0.5, 0.6) is 0 Å². The van der Waals surface area contributed by atoms with Gasteiger partial charge in [-0.25, -0.2) is 8.78 Å². The molecule has 0 amide bonds. The van der Waals surface area contributed by atoms with E-state index < -0.39 is 17.7 Å². The summed E-state index contributed by atoms with van der Waals surface area (Å²) < 4.78 is 27.6. The van der Waals surface area contributed by atoms with E-state index in [4.69, 9.17) is 11.6 Å². The van der Waals surface area contributed by atoms with Crippen LogP contribution in [0.2, 0.25) is 5.02 Å². The van der Waals surface area contributed by atoms with Crippen molar-refractivity contribution in [2.45, 2.75) is 12.5 Å². The number of aliphatic hydroxyl groups excluding tert-OH is 1. The topological polar surface area (TPSA) is 20.2 Å². The van der Waals surface area contributed by atoms with Gasteiger partial charge in [-0.05, 0) is 45.8 Å². The van der Waals surface area contributed by atoms with E-state index in [0.717, 1.165) is 0 Å². The van der Waals surface area contributed by atoms with E-state index in [1.807, 2.05) is 0 Å². The highest BCUT2D eigenvalue weighted by molar-refractivity contribution is 9.10. The molecule has 2 aromatic rings. The standard InChI is InChI=1S/C14H10BrClF2O/c15-10-6-8(4-5-11(10)16)14(19)7-9-12(17)2-1-3-13(9)18/h1-6,14,19H,7H2. The maximum atomic E-state index is 13.5. The minimum absolute atomic E-state index is 0.124. The van der Waals surface area contributed by atoms with E-state index in [1.165, 1.54) is 18.2 Å². The number of aliphatic hydroxyl groups is 1. The van der Waals surface area contributed by atoms with Crippen LogP contribution in [0, 0.1) is 11.6 Å². The lowest BCUT2D eigenvalue weighted by atomic mass is 10.0. The fourth-order valence-electron chi connectivity index (χ4n) is 1.76. The Hall–Kier alpha value is -0.970. The molecule has 1 atom stereocenters. The van der Waals surface area contributed by atoms with Gasteiger partial charge < -0.3 is 5.11 Å². The second-order valence-corrected chi connectivity index (χ2v) is 5.36. The molecule has 1 N–H and O–H groups in total. The number of rotatable bonds is 3. The predicted octanol–water partition coefficient (Wildman–Crippen LogP) is 4.66. The lowest BCUT2D eigenvalue weighted by Crippen LogP contribution is -2.05. The Morgan fingerprint density at radius 2 is 1.79 bits per heavy atom. The molecule has 0 bridgehead atoms. The molecule has 2 aromatic carbocycles. The summed E-state index contributed by atoms with van der Waals surface area (Å²) in [4.78, 5) is 0. The molecule has 0 fully saturated rings. The molecule has 1 unspecified atom stereocenters. The zero-order valence-electron chi connectivity index (χ0n) is 9.71. The minimum atomic E-state index is -1.00. The first-order valence-corrected chi connectivity index (χ1v) is 6.72. The normalized spacial score (nSPS) is 12.5. The average molecular weight is 348 g/mol. The smallest absolute Gasteiger partial charge is 0.129 e. The highest BCUT2D eigenvalue weighted by atomic mass is 79.9. The number of halogens is 4. The first-order chi connectivity index (χ1) is 8.99. The molecule has 2 rings (SSSR count). The van der Waals surface area contributed by atoms with Crippen LogP contribution in [0.4, 0.5) is 8.78 Å². The highest BCUT2D eigenvalue weighted by Crippen LogP contribution is 2.28. The molecule has 5 heteroatoms. The van der Waals surface area contributed by atoms with Gasteiger partial charge in [-0.3, -0.25) is 0 Å². The molecule has 0 aliphatic heterocycles. The number of hydrogen-bond acceptors (Lipinski definition) is 1. The van der Waals surface area contributed by atoms with E-state index in [9.17, 15) is 13.9 Å². The van der Waals surface area contributed by atoms with Crippen molar-refractivity contribution in [3.8, 4) is 0 Å². The first kappa shape index (κ1) is 14.4. The minimum Gasteiger partial charge on any atom is -0.388 e. The molecular formula is C14H10BrClF2O. The van der Waals surface area contributed by atoms with Gasteiger partial charge in [0.15, 0.2) is 0 Å². The molecule has 0 saturated heterocycles. The van der Waals surface area contributed by atoms with Gasteiger partial charge >= 0.3 is 0 Å². The van der Waals surface area contributed by atoms with Crippen molar-refractivity contribution in [2.75, 3.05) is 0 Å². The van der Waals surface area contributed by atoms with Crippen LogP contribution in [0.1, 0.15) is 17.2 Å². The molecule has 0 aliphatic rings. The van der Waals surface area contributed by atoms with E-state index in [-0.39, 0.29) is 12.0 Å². The van der Waals surface area contributed by atoms with Crippen molar-refractivity contribution in [1.29, 1.82) is 0 Å². The molecule has 0 spiro atoms. The Morgan fingerprint density at radius 3 is 2.37 bits per heavy atom. The summed E-state index contributed by atoms with van der Waals surface area (Å²) >= 11 is 9.08. The van der Waals surface area contributed by atoms with Crippen LogP contribution in [0.25, 0.3) is 0 Å². The Balaban J connectivity index is 2.25. The summed E-state index contributed by atoms with van der Waals surface area (Å²) in [6.07, 6.45) is -1.13. The van der Waals surface area contributed by atoms with E-state index in [2.05, 4.69) is 15.9 Å². The van der Waals surface area contributed by atoms with Gasteiger partial charge in [0.1, 0.15) is 11.6 Å². The van der Waals surface area contributed by atoms with Crippen molar-refractivity contribution in [3.63, 3.8) is 0 Å². The van der Waals surface area contributed by atoms with E-state index >= 15 is 0 Å². The summed E-state index contributed by atoms with van der Waals surface area (Å²) in [7, 11) is 0. The van der Waals surface area contributed by atoms with Crippen LogP contribution >= 0.6 is 27.5 Å². The van der Waals surface area contributed by atoms with Crippen LogP contribution in [-0.2, 0) is 6.42 Å². The summed E-state index contributed by atoms with van der Waals surface area (Å²) in [6.45, 7) is 0. The van der Waals surface area contributed by atoms with E-state index in [1.54, 1.807) is 18.2 Å². The molecule has 0 radical (unpaired) electrons. The van der Waals surface area contributed by atoms with Gasteiger partial charge in [0.2, 0.25) is 0 Å². The molecule has 100 valence electrons. The van der Waals surface area contributed by atoms with Gasteiger partial charge in [0.05, 0.1) is 11.1 Å². The van der Waals surface area contributed by atoms with Crippen molar-refractivity contribution >= 4 is 27.5 Å². The number of benzene rings is 2. The molecule has 0 aromatic heterocycles. The summed E-state index contributed by atoms with van der Waals surface area (Å²) in [5, 5.41) is 10.5. The van der Waals surface area contributed by atoms with Crippen molar-refractivity contribution in [2.24, 2.45) is 0 Å². The van der Waals surface area contributed by atoms with Crippen LogP contribution in [0.3, 0.4) is 0 Å². The maximum absolute atomic E-state index is 13.5. The highest BCUT2D eigenvalue weighted by Gasteiger charge is 2.16. The van der Waals surface area contributed by atoms with Gasteiger partial charge in [-0.2, -0.15) is 0 Å². The van der Waals surface area contributed by atoms with Gasteiger partial charge in [0, 0.05) is 16.5 Å². The fourth-order valence-corrected chi connectivity index (χ4v) is 2.27. The van der Waals surface area contributed by atoms with E-state index in [0.29, 0.717) is 15.1 Å². The average Bonchev–Trinajstić information content (AvgIpc) is 2.37. The Kier molecular flexibility index (Phi) is 4.55. The Bertz CT molecular complexity index is 584.